The van der Waals surface area contributed by atoms with Crippen LogP contribution in [0.5, 0.6) is 5.75 Å². The van der Waals surface area contributed by atoms with Gasteiger partial charge in [-0.05, 0) is 72.5 Å². The molecule has 0 unspecified atom stereocenters. The molecule has 168 valence electrons. The van der Waals surface area contributed by atoms with E-state index >= 15 is 0 Å². The zero-order chi connectivity index (χ0) is 23.7. The molecule has 0 radical (unpaired) electrons. The van der Waals surface area contributed by atoms with Gasteiger partial charge in [0, 0.05) is 12.4 Å². The topological polar surface area (TPSA) is 71.2 Å². The van der Waals surface area contributed by atoms with E-state index in [9.17, 15) is 14.4 Å². The van der Waals surface area contributed by atoms with Crippen molar-refractivity contribution in [3.05, 3.63) is 107 Å². The van der Waals surface area contributed by atoms with Gasteiger partial charge in [-0.2, -0.15) is 10.4 Å². The Morgan fingerprint density at radius 2 is 1.97 bits per heavy atom. The fourth-order valence-electron chi connectivity index (χ4n) is 4.20. The maximum absolute atomic E-state index is 14.7. The molecule has 5 rings (SSSR count). The average molecular weight is 452 g/mol. The molecule has 2 heterocycles. The first-order valence-electron chi connectivity index (χ1n) is 10.9. The lowest BCUT2D eigenvalue weighted by Gasteiger charge is -2.22. The maximum atomic E-state index is 14.7. The van der Waals surface area contributed by atoms with Crippen LogP contribution in [0.4, 0.5) is 10.1 Å². The molecule has 4 aromatic rings. The zero-order valence-electron chi connectivity index (χ0n) is 18.5. The summed E-state index contributed by atoms with van der Waals surface area (Å²) in [6.45, 7) is 2.33. The lowest BCUT2D eigenvalue weighted by atomic mass is 9.96. The standard InChI is InChI=1S/C27H21FN4O2/c1-18-14-25-23(16-21(18)15-19-6-8-22(9-7-19)32-11-3-10-30-32)27(33)31(12-13-34-25)26-20(17-29)4-2-5-24(26)28/h2-11,14,16H,12-13,15H2,1H3. The number of hydrogen-bond donors (Lipinski definition) is 0. The van der Waals surface area contributed by atoms with Gasteiger partial charge in [-0.1, -0.05) is 18.2 Å². The minimum absolute atomic E-state index is 0.0113. The summed E-state index contributed by atoms with van der Waals surface area (Å²) in [5.41, 5.74) is 4.48. The van der Waals surface area contributed by atoms with Crippen LogP contribution in [0.15, 0.2) is 73.1 Å². The Kier molecular flexibility index (Phi) is 5.56. The van der Waals surface area contributed by atoms with Crippen LogP contribution in [0.1, 0.15) is 32.6 Å². The summed E-state index contributed by atoms with van der Waals surface area (Å²) < 4.78 is 22.3. The van der Waals surface area contributed by atoms with Gasteiger partial charge >= 0.3 is 0 Å². The van der Waals surface area contributed by atoms with Gasteiger partial charge in [-0.25, -0.2) is 9.07 Å². The van der Waals surface area contributed by atoms with E-state index in [-0.39, 0.29) is 30.3 Å². The predicted molar refractivity (Wildman–Crippen MR) is 126 cm³/mol. The summed E-state index contributed by atoms with van der Waals surface area (Å²) in [7, 11) is 0. The number of benzene rings is 3. The fourth-order valence-corrected chi connectivity index (χ4v) is 4.20. The first-order valence-corrected chi connectivity index (χ1v) is 10.9. The van der Waals surface area contributed by atoms with Crippen molar-refractivity contribution in [2.75, 3.05) is 18.1 Å². The highest BCUT2D eigenvalue weighted by molar-refractivity contribution is 6.09. The third-order valence-electron chi connectivity index (χ3n) is 5.96. The molecule has 6 nitrogen and oxygen atoms in total. The monoisotopic (exact) mass is 452 g/mol. The Morgan fingerprint density at radius 3 is 2.71 bits per heavy atom. The summed E-state index contributed by atoms with van der Waals surface area (Å²) in [6.07, 6.45) is 4.24. The van der Waals surface area contributed by atoms with Crippen LogP contribution in [0.2, 0.25) is 0 Å². The smallest absolute Gasteiger partial charge is 0.262 e. The van der Waals surface area contributed by atoms with Gasteiger partial charge in [0.25, 0.3) is 5.91 Å². The van der Waals surface area contributed by atoms with E-state index in [1.165, 1.54) is 23.1 Å². The van der Waals surface area contributed by atoms with Crippen molar-refractivity contribution < 1.29 is 13.9 Å². The number of nitrogens with zero attached hydrogens (tertiary/aromatic N) is 4. The quantitative estimate of drug-likeness (QED) is 0.445. The van der Waals surface area contributed by atoms with Crippen LogP contribution < -0.4 is 9.64 Å². The van der Waals surface area contributed by atoms with Gasteiger partial charge in [0.2, 0.25) is 0 Å². The number of halogens is 1. The van der Waals surface area contributed by atoms with E-state index in [4.69, 9.17) is 4.74 Å². The van der Waals surface area contributed by atoms with Crippen molar-refractivity contribution in [1.29, 1.82) is 5.26 Å². The number of carbonyl (C=O) groups excluding carboxylic acids is 1. The first kappa shape index (κ1) is 21.4. The Hall–Kier alpha value is -4.44. The molecule has 0 saturated heterocycles. The van der Waals surface area contributed by atoms with Crippen LogP contribution >= 0.6 is 0 Å². The van der Waals surface area contributed by atoms with Gasteiger partial charge in [0.05, 0.1) is 29.0 Å². The molecule has 0 atom stereocenters. The molecule has 0 aliphatic carbocycles. The molecular formula is C27H21FN4O2. The summed E-state index contributed by atoms with van der Waals surface area (Å²) in [4.78, 5) is 14.8. The summed E-state index contributed by atoms with van der Waals surface area (Å²) in [5.74, 6) is -0.525. The number of nitriles is 1. The molecule has 3 aromatic carbocycles. The Bertz CT molecular complexity index is 1410. The summed E-state index contributed by atoms with van der Waals surface area (Å²) in [6, 6.07) is 19.8. The van der Waals surface area contributed by atoms with Crippen molar-refractivity contribution >= 4 is 11.6 Å². The van der Waals surface area contributed by atoms with Gasteiger partial charge < -0.3 is 9.64 Å². The SMILES string of the molecule is Cc1cc2c(cc1Cc1ccc(-n3cccn3)cc1)C(=O)N(c1c(F)cccc1C#N)CCO2. The number of ether oxygens (including phenoxy) is 1. The average Bonchev–Trinajstić information content (AvgIpc) is 3.34. The van der Waals surface area contributed by atoms with Gasteiger partial charge in [0.1, 0.15) is 24.2 Å². The van der Waals surface area contributed by atoms with E-state index in [1.807, 2.05) is 61.7 Å². The highest BCUT2D eigenvalue weighted by atomic mass is 19.1. The fraction of sp³-hybridized carbons (Fsp3) is 0.148. The molecule has 34 heavy (non-hydrogen) atoms. The number of rotatable bonds is 4. The van der Waals surface area contributed by atoms with Crippen LogP contribution in [0, 0.1) is 24.1 Å². The highest BCUT2D eigenvalue weighted by Gasteiger charge is 2.29. The molecule has 7 heteroatoms. The van der Waals surface area contributed by atoms with E-state index in [1.54, 1.807) is 10.9 Å². The lowest BCUT2D eigenvalue weighted by Crippen LogP contribution is -2.33. The Labute approximate surface area is 196 Å². The minimum Gasteiger partial charge on any atom is -0.491 e. The molecule has 0 fully saturated rings. The van der Waals surface area contributed by atoms with E-state index in [0.717, 1.165) is 22.4 Å². The van der Waals surface area contributed by atoms with Gasteiger partial charge in [-0.15, -0.1) is 0 Å². The largest absolute Gasteiger partial charge is 0.491 e. The number of aromatic nitrogens is 2. The highest BCUT2D eigenvalue weighted by Crippen LogP contribution is 2.32. The molecule has 0 spiro atoms. The van der Waals surface area contributed by atoms with Crippen molar-refractivity contribution in [3.8, 4) is 17.5 Å². The Balaban J connectivity index is 1.48. The van der Waals surface area contributed by atoms with Crippen molar-refractivity contribution in [3.63, 3.8) is 0 Å². The van der Waals surface area contributed by atoms with Crippen LogP contribution in [0.25, 0.3) is 5.69 Å². The number of hydrogen-bond acceptors (Lipinski definition) is 4. The van der Waals surface area contributed by atoms with Crippen molar-refractivity contribution in [2.24, 2.45) is 0 Å². The second-order valence-electron chi connectivity index (χ2n) is 8.12. The summed E-state index contributed by atoms with van der Waals surface area (Å²) in [5, 5.41) is 13.7. The summed E-state index contributed by atoms with van der Waals surface area (Å²) >= 11 is 0. The molecule has 0 N–H and O–H groups in total. The lowest BCUT2D eigenvalue weighted by molar-refractivity contribution is 0.0989. The zero-order valence-corrected chi connectivity index (χ0v) is 18.5. The minimum atomic E-state index is -0.611. The second-order valence-corrected chi connectivity index (χ2v) is 8.12. The van der Waals surface area contributed by atoms with E-state index in [2.05, 4.69) is 5.10 Å². The third kappa shape index (κ3) is 3.90. The van der Waals surface area contributed by atoms with Crippen molar-refractivity contribution in [2.45, 2.75) is 13.3 Å². The van der Waals surface area contributed by atoms with Crippen LogP contribution in [0.3, 0.4) is 0 Å². The Morgan fingerprint density at radius 1 is 1.15 bits per heavy atom. The van der Waals surface area contributed by atoms with Gasteiger partial charge in [0.15, 0.2) is 0 Å². The number of aryl methyl sites for hydroxylation is 1. The van der Waals surface area contributed by atoms with Crippen molar-refractivity contribution in [1.82, 2.24) is 9.78 Å². The number of para-hydroxylation sites is 1. The molecule has 1 aliphatic heterocycles. The maximum Gasteiger partial charge on any atom is 0.262 e. The molecule has 1 amide bonds. The van der Waals surface area contributed by atoms with E-state index in [0.29, 0.717) is 17.7 Å². The normalized spacial score (nSPS) is 13.1. The molecule has 1 aliphatic rings. The van der Waals surface area contributed by atoms with Gasteiger partial charge in [-0.3, -0.25) is 4.79 Å². The van der Waals surface area contributed by atoms with Crippen LogP contribution in [-0.2, 0) is 6.42 Å². The molecule has 0 saturated carbocycles. The number of fused-ring (bicyclic) bond motifs is 1. The second kappa shape index (κ2) is 8.83. The molecule has 0 bridgehead atoms. The first-order chi connectivity index (χ1) is 16.5. The number of amides is 1. The number of anilines is 1. The van der Waals surface area contributed by atoms with Crippen LogP contribution in [-0.4, -0.2) is 28.8 Å². The number of carbonyl (C=O) groups is 1. The third-order valence-corrected chi connectivity index (χ3v) is 5.96. The predicted octanol–water partition coefficient (Wildman–Crippen LogP) is 4.82. The van der Waals surface area contributed by atoms with E-state index < -0.39 is 5.82 Å². The molecular weight excluding hydrogens is 431 g/mol. The molecule has 1 aromatic heterocycles.